The summed E-state index contributed by atoms with van der Waals surface area (Å²) in [7, 11) is 0. The number of aromatic nitrogens is 3. The predicted molar refractivity (Wildman–Crippen MR) is 93.2 cm³/mol. The smallest absolute Gasteiger partial charge is 0.277 e. The molecule has 1 atom stereocenters. The molecule has 0 saturated carbocycles. The second-order valence-electron chi connectivity index (χ2n) is 5.98. The van der Waals surface area contributed by atoms with Crippen LogP contribution in [0.2, 0.25) is 5.02 Å². The zero-order valence-corrected chi connectivity index (χ0v) is 13.6. The molecule has 1 aliphatic heterocycles. The van der Waals surface area contributed by atoms with Gasteiger partial charge in [0, 0.05) is 35.6 Å². The lowest BCUT2D eigenvalue weighted by atomic mass is 10.1. The van der Waals surface area contributed by atoms with E-state index in [4.69, 9.17) is 17.3 Å². The van der Waals surface area contributed by atoms with Crippen LogP contribution in [-0.4, -0.2) is 26.5 Å². The molecule has 0 fully saturated rings. The number of nitrogens with one attached hydrogen (secondary N) is 1. The molecule has 3 N–H and O–H groups in total. The summed E-state index contributed by atoms with van der Waals surface area (Å²) in [5, 5.41) is 4.36. The Morgan fingerprint density at radius 2 is 2.12 bits per heavy atom. The van der Waals surface area contributed by atoms with Crippen molar-refractivity contribution >= 4 is 34.2 Å². The molecule has 1 unspecified atom stereocenters. The van der Waals surface area contributed by atoms with Crippen LogP contribution in [0.5, 0.6) is 0 Å². The molecular weight excluding hydrogens is 326 g/mol. The summed E-state index contributed by atoms with van der Waals surface area (Å²) in [5.74, 6) is 1.09. The van der Waals surface area contributed by atoms with Crippen LogP contribution in [0.25, 0.3) is 10.9 Å². The topological polar surface area (TPSA) is 85.8 Å². The highest BCUT2D eigenvalue weighted by atomic mass is 35.5. The highest BCUT2D eigenvalue weighted by Crippen LogP contribution is 2.20. The third kappa shape index (κ3) is 2.86. The number of imidazole rings is 1. The van der Waals surface area contributed by atoms with Crippen LogP contribution in [0.1, 0.15) is 22.7 Å². The van der Waals surface area contributed by atoms with Gasteiger partial charge in [-0.15, -0.1) is 0 Å². The number of benzene rings is 1. The maximum Gasteiger partial charge on any atom is 0.277 e. The van der Waals surface area contributed by atoms with Gasteiger partial charge in [0.05, 0.1) is 5.52 Å². The average molecular weight is 342 g/mol. The number of nitrogens with zero attached hydrogens (tertiary/aromatic N) is 3. The van der Waals surface area contributed by atoms with Crippen molar-refractivity contribution in [1.82, 2.24) is 14.5 Å². The molecule has 3 aromatic rings. The number of carbonyl (C=O) groups excluding carboxylic acids is 1. The highest BCUT2D eigenvalue weighted by Gasteiger charge is 2.20. The Bertz CT molecular complexity index is 936. The molecule has 1 aliphatic rings. The van der Waals surface area contributed by atoms with Gasteiger partial charge in [-0.25, -0.2) is 9.97 Å². The molecule has 122 valence electrons. The van der Waals surface area contributed by atoms with E-state index in [1.807, 2.05) is 22.8 Å². The van der Waals surface area contributed by atoms with E-state index in [2.05, 4.69) is 15.3 Å². The summed E-state index contributed by atoms with van der Waals surface area (Å²) >= 11 is 5.99. The molecular formula is C17H16ClN5O. The molecule has 0 aliphatic carbocycles. The maximum atomic E-state index is 12.4. The van der Waals surface area contributed by atoms with Crippen LogP contribution < -0.4 is 11.1 Å². The third-order valence-corrected chi connectivity index (χ3v) is 4.39. The molecule has 2 aromatic heterocycles. The van der Waals surface area contributed by atoms with E-state index in [-0.39, 0.29) is 11.9 Å². The minimum atomic E-state index is -0.278. The fraction of sp³-hybridized carbons (Fsp3) is 0.235. The summed E-state index contributed by atoms with van der Waals surface area (Å²) in [6.45, 7) is 0.697. The van der Waals surface area contributed by atoms with Gasteiger partial charge in [-0.05, 0) is 30.7 Å². The quantitative estimate of drug-likeness (QED) is 0.750. The van der Waals surface area contributed by atoms with Crippen LogP contribution >= 0.6 is 11.6 Å². The minimum absolute atomic E-state index is 0.120. The SMILES string of the molecule is NC1CCc2nc(C(=O)Nc3ccc4ccc(Cl)cc4n3)cn2C1. The van der Waals surface area contributed by atoms with Gasteiger partial charge in [0.25, 0.3) is 5.91 Å². The zero-order valence-electron chi connectivity index (χ0n) is 12.9. The van der Waals surface area contributed by atoms with Crippen molar-refractivity contribution in [3.05, 3.63) is 53.1 Å². The number of fused-ring (bicyclic) bond motifs is 2. The van der Waals surface area contributed by atoms with E-state index < -0.39 is 0 Å². The standard InChI is InChI=1S/C17H16ClN5O/c18-11-3-1-10-2-5-15(20-13(10)7-11)22-17(24)14-9-23-8-12(19)4-6-16(23)21-14/h1-3,5,7,9,12H,4,6,8,19H2,(H,20,22,24). The number of amides is 1. The van der Waals surface area contributed by atoms with Gasteiger partial charge in [0.2, 0.25) is 0 Å². The molecule has 0 radical (unpaired) electrons. The molecule has 4 rings (SSSR count). The Labute approximate surface area is 143 Å². The maximum absolute atomic E-state index is 12.4. The van der Waals surface area contributed by atoms with Crippen molar-refractivity contribution in [2.45, 2.75) is 25.4 Å². The highest BCUT2D eigenvalue weighted by molar-refractivity contribution is 6.31. The first-order chi connectivity index (χ1) is 11.6. The van der Waals surface area contributed by atoms with E-state index in [1.165, 1.54) is 0 Å². The van der Waals surface area contributed by atoms with Crippen LogP contribution in [0, 0.1) is 0 Å². The molecule has 7 heteroatoms. The molecule has 0 saturated heterocycles. The van der Waals surface area contributed by atoms with Gasteiger partial charge in [0.15, 0.2) is 0 Å². The molecule has 24 heavy (non-hydrogen) atoms. The summed E-state index contributed by atoms with van der Waals surface area (Å²) in [4.78, 5) is 21.3. The van der Waals surface area contributed by atoms with Crippen molar-refractivity contribution in [3.8, 4) is 0 Å². The van der Waals surface area contributed by atoms with Crippen LogP contribution in [0.3, 0.4) is 0 Å². The number of rotatable bonds is 2. The Hall–Kier alpha value is -2.44. The Balaban J connectivity index is 1.58. The Kier molecular flexibility index (Phi) is 3.70. The predicted octanol–water partition coefficient (Wildman–Crippen LogP) is 2.61. The molecule has 0 spiro atoms. The van der Waals surface area contributed by atoms with Crippen LogP contribution in [0.15, 0.2) is 36.5 Å². The van der Waals surface area contributed by atoms with Crippen molar-refractivity contribution < 1.29 is 4.79 Å². The number of aryl methyl sites for hydroxylation is 1. The van der Waals surface area contributed by atoms with E-state index >= 15 is 0 Å². The van der Waals surface area contributed by atoms with Gasteiger partial charge in [-0.2, -0.15) is 0 Å². The Morgan fingerprint density at radius 1 is 1.29 bits per heavy atom. The van der Waals surface area contributed by atoms with Crippen LogP contribution in [0.4, 0.5) is 5.82 Å². The lowest BCUT2D eigenvalue weighted by Crippen LogP contribution is -2.31. The van der Waals surface area contributed by atoms with Crippen molar-refractivity contribution in [2.75, 3.05) is 5.32 Å². The second kappa shape index (κ2) is 5.89. The number of hydrogen-bond acceptors (Lipinski definition) is 4. The fourth-order valence-electron chi connectivity index (χ4n) is 2.92. The van der Waals surface area contributed by atoms with Gasteiger partial charge in [-0.1, -0.05) is 17.7 Å². The van der Waals surface area contributed by atoms with E-state index in [9.17, 15) is 4.79 Å². The second-order valence-corrected chi connectivity index (χ2v) is 6.42. The number of halogens is 1. The first-order valence-electron chi connectivity index (χ1n) is 7.78. The number of anilines is 1. The number of pyridine rings is 1. The van der Waals surface area contributed by atoms with E-state index in [0.717, 1.165) is 29.6 Å². The molecule has 1 amide bonds. The third-order valence-electron chi connectivity index (χ3n) is 4.16. The van der Waals surface area contributed by atoms with Crippen molar-refractivity contribution in [2.24, 2.45) is 5.73 Å². The van der Waals surface area contributed by atoms with Gasteiger partial charge in [-0.3, -0.25) is 4.79 Å². The van der Waals surface area contributed by atoms with Gasteiger partial charge >= 0.3 is 0 Å². The first-order valence-corrected chi connectivity index (χ1v) is 8.15. The molecule has 0 bridgehead atoms. The van der Waals surface area contributed by atoms with E-state index in [1.54, 1.807) is 18.3 Å². The normalized spacial score (nSPS) is 16.8. The van der Waals surface area contributed by atoms with Gasteiger partial charge in [0.1, 0.15) is 17.3 Å². The van der Waals surface area contributed by atoms with Crippen molar-refractivity contribution in [1.29, 1.82) is 0 Å². The first kappa shape index (κ1) is 15.1. The zero-order chi connectivity index (χ0) is 16.7. The largest absolute Gasteiger partial charge is 0.333 e. The molecule has 3 heterocycles. The summed E-state index contributed by atoms with van der Waals surface area (Å²) in [6.07, 6.45) is 3.44. The fourth-order valence-corrected chi connectivity index (χ4v) is 3.09. The summed E-state index contributed by atoms with van der Waals surface area (Å²) < 4.78 is 1.96. The number of nitrogens with two attached hydrogens (primary N) is 1. The molecule has 1 aromatic carbocycles. The number of hydrogen-bond donors (Lipinski definition) is 2. The monoisotopic (exact) mass is 341 g/mol. The minimum Gasteiger partial charge on any atom is -0.333 e. The summed E-state index contributed by atoms with van der Waals surface area (Å²) in [6, 6.07) is 9.25. The summed E-state index contributed by atoms with van der Waals surface area (Å²) in [5.41, 5.74) is 7.07. The van der Waals surface area contributed by atoms with Gasteiger partial charge < -0.3 is 15.6 Å². The Morgan fingerprint density at radius 3 is 3.00 bits per heavy atom. The number of carbonyl (C=O) groups is 1. The van der Waals surface area contributed by atoms with E-state index in [0.29, 0.717) is 23.1 Å². The average Bonchev–Trinajstić information content (AvgIpc) is 2.97. The lowest BCUT2D eigenvalue weighted by molar-refractivity contribution is 0.102. The lowest BCUT2D eigenvalue weighted by Gasteiger charge is -2.19. The van der Waals surface area contributed by atoms with Crippen LogP contribution in [-0.2, 0) is 13.0 Å². The van der Waals surface area contributed by atoms with Crippen molar-refractivity contribution in [3.63, 3.8) is 0 Å². The molecule has 6 nitrogen and oxygen atoms in total.